The molecule has 0 unspecified atom stereocenters. The highest BCUT2D eigenvalue weighted by molar-refractivity contribution is 5.57. The van der Waals surface area contributed by atoms with Crippen molar-refractivity contribution in [2.75, 3.05) is 20.1 Å². The highest BCUT2D eigenvalue weighted by Gasteiger charge is 2.16. The summed E-state index contributed by atoms with van der Waals surface area (Å²) in [6, 6.07) is 0.0125. The van der Waals surface area contributed by atoms with Crippen LogP contribution in [0.2, 0.25) is 0 Å². The third-order valence-electron chi connectivity index (χ3n) is 1.81. The maximum absolute atomic E-state index is 10.6. The number of aldehydes is 1. The van der Waals surface area contributed by atoms with Crippen LogP contribution < -0.4 is 5.73 Å². The molecule has 0 amide bonds. The van der Waals surface area contributed by atoms with Crippen molar-refractivity contribution < 1.29 is 4.79 Å². The predicted octanol–water partition coefficient (Wildman–Crippen LogP) is 0.100. The average molecular weight is 158 g/mol. The number of carbonyl (C=O) groups is 1. The molecule has 0 saturated heterocycles. The van der Waals surface area contributed by atoms with Gasteiger partial charge >= 0.3 is 0 Å². The molecule has 0 radical (unpaired) electrons. The van der Waals surface area contributed by atoms with Crippen molar-refractivity contribution >= 4 is 6.29 Å². The number of likely N-dealkylation sites (N-methyl/N-ethyl adjacent to an activating group) is 1. The normalized spacial score (nSPS) is 14.0. The minimum atomic E-state index is 0.0125. The smallest absolute Gasteiger partial charge is 0.137 e. The van der Waals surface area contributed by atoms with E-state index >= 15 is 0 Å². The summed E-state index contributed by atoms with van der Waals surface area (Å²) in [6.07, 6.45) is 0.986. The minimum Gasteiger partial charge on any atom is -0.329 e. The number of hydrogen-bond acceptors (Lipinski definition) is 3. The maximum Gasteiger partial charge on any atom is 0.137 e. The van der Waals surface area contributed by atoms with Crippen LogP contribution in [-0.2, 0) is 4.79 Å². The van der Waals surface area contributed by atoms with Gasteiger partial charge in [-0.3, -0.25) is 4.90 Å². The fourth-order valence-corrected chi connectivity index (χ4v) is 1.12. The molecule has 0 bridgehead atoms. The van der Waals surface area contributed by atoms with Gasteiger partial charge in [0.15, 0.2) is 0 Å². The van der Waals surface area contributed by atoms with E-state index in [-0.39, 0.29) is 6.04 Å². The van der Waals surface area contributed by atoms with E-state index in [2.05, 4.69) is 0 Å². The summed E-state index contributed by atoms with van der Waals surface area (Å²) < 4.78 is 0. The Kier molecular flexibility index (Phi) is 5.07. The van der Waals surface area contributed by atoms with E-state index in [1.165, 1.54) is 0 Å². The van der Waals surface area contributed by atoms with Gasteiger partial charge in [-0.2, -0.15) is 0 Å². The number of nitrogens with zero attached hydrogens (tertiary/aromatic N) is 1. The van der Waals surface area contributed by atoms with Crippen LogP contribution in [0.5, 0.6) is 0 Å². The van der Waals surface area contributed by atoms with Crippen LogP contribution in [0.15, 0.2) is 0 Å². The molecule has 0 aromatic carbocycles. The minimum absolute atomic E-state index is 0.0125. The van der Waals surface area contributed by atoms with Crippen molar-refractivity contribution in [1.82, 2.24) is 4.90 Å². The first-order valence-corrected chi connectivity index (χ1v) is 3.99. The summed E-state index contributed by atoms with van der Waals surface area (Å²) in [7, 11) is 1.92. The molecular weight excluding hydrogens is 140 g/mol. The monoisotopic (exact) mass is 158 g/mol. The molecular formula is C8H18N2O. The second-order valence-electron chi connectivity index (χ2n) is 3.14. The zero-order chi connectivity index (χ0) is 8.85. The fraction of sp³-hybridized carbons (Fsp3) is 0.875. The van der Waals surface area contributed by atoms with Crippen LogP contribution in [0.4, 0.5) is 0 Å². The van der Waals surface area contributed by atoms with Gasteiger partial charge < -0.3 is 10.5 Å². The Bertz CT molecular complexity index is 115. The Morgan fingerprint density at radius 3 is 2.36 bits per heavy atom. The Morgan fingerprint density at radius 1 is 1.55 bits per heavy atom. The SMILES string of the molecule is CC(C)[C@@H](C=O)N(C)CCN. The van der Waals surface area contributed by atoms with Crippen molar-refractivity contribution in [3.8, 4) is 0 Å². The third kappa shape index (κ3) is 3.49. The standard InChI is InChI=1S/C8H18N2O/c1-7(2)8(6-11)10(3)5-4-9/h6-8H,4-5,9H2,1-3H3/t8-/m1/s1. The van der Waals surface area contributed by atoms with E-state index < -0.39 is 0 Å². The molecule has 0 aromatic rings. The number of rotatable bonds is 5. The zero-order valence-corrected chi connectivity index (χ0v) is 7.58. The largest absolute Gasteiger partial charge is 0.329 e. The fourth-order valence-electron chi connectivity index (χ4n) is 1.12. The topological polar surface area (TPSA) is 46.3 Å². The molecule has 2 N–H and O–H groups in total. The lowest BCUT2D eigenvalue weighted by Gasteiger charge is -2.25. The van der Waals surface area contributed by atoms with Crippen LogP contribution in [0.1, 0.15) is 13.8 Å². The maximum atomic E-state index is 10.6. The Balaban J connectivity index is 3.91. The van der Waals surface area contributed by atoms with E-state index in [1.807, 2.05) is 25.8 Å². The van der Waals surface area contributed by atoms with Gasteiger partial charge in [0, 0.05) is 13.1 Å². The van der Waals surface area contributed by atoms with Crippen molar-refractivity contribution in [3.05, 3.63) is 0 Å². The van der Waals surface area contributed by atoms with Crippen molar-refractivity contribution in [2.45, 2.75) is 19.9 Å². The van der Waals surface area contributed by atoms with E-state index in [4.69, 9.17) is 5.73 Å². The second-order valence-corrected chi connectivity index (χ2v) is 3.14. The van der Waals surface area contributed by atoms with Crippen LogP contribution in [-0.4, -0.2) is 37.4 Å². The summed E-state index contributed by atoms with van der Waals surface area (Å²) in [4.78, 5) is 12.6. The highest BCUT2D eigenvalue weighted by atomic mass is 16.1. The molecule has 0 aromatic heterocycles. The van der Waals surface area contributed by atoms with Crippen LogP contribution >= 0.6 is 0 Å². The summed E-state index contributed by atoms with van der Waals surface area (Å²) in [5.74, 6) is 0.365. The predicted molar refractivity (Wildman–Crippen MR) is 46.4 cm³/mol. The van der Waals surface area contributed by atoms with Crippen LogP contribution in [0.25, 0.3) is 0 Å². The van der Waals surface area contributed by atoms with Crippen molar-refractivity contribution in [2.24, 2.45) is 11.7 Å². The summed E-state index contributed by atoms with van der Waals surface area (Å²) in [6.45, 7) is 5.45. The lowest BCUT2D eigenvalue weighted by molar-refractivity contribution is -0.113. The molecule has 0 heterocycles. The molecule has 0 aliphatic rings. The Labute approximate surface area is 68.6 Å². The van der Waals surface area contributed by atoms with Gasteiger partial charge in [0.1, 0.15) is 6.29 Å². The lowest BCUT2D eigenvalue weighted by atomic mass is 10.1. The Morgan fingerprint density at radius 2 is 2.09 bits per heavy atom. The number of hydrogen-bond donors (Lipinski definition) is 1. The van der Waals surface area contributed by atoms with Gasteiger partial charge in [-0.1, -0.05) is 13.8 Å². The van der Waals surface area contributed by atoms with Gasteiger partial charge in [0.2, 0.25) is 0 Å². The molecule has 0 aliphatic heterocycles. The molecule has 66 valence electrons. The lowest BCUT2D eigenvalue weighted by Crippen LogP contribution is -2.40. The quantitative estimate of drug-likeness (QED) is 0.577. The first-order chi connectivity index (χ1) is 5.13. The first kappa shape index (κ1) is 10.6. The summed E-state index contributed by atoms with van der Waals surface area (Å²) >= 11 is 0. The van der Waals surface area contributed by atoms with Gasteiger partial charge in [0.25, 0.3) is 0 Å². The van der Waals surface area contributed by atoms with E-state index in [0.717, 1.165) is 12.8 Å². The molecule has 0 rings (SSSR count). The zero-order valence-electron chi connectivity index (χ0n) is 7.58. The van der Waals surface area contributed by atoms with Gasteiger partial charge in [0.05, 0.1) is 6.04 Å². The van der Waals surface area contributed by atoms with E-state index in [0.29, 0.717) is 12.5 Å². The number of nitrogens with two attached hydrogens (primary N) is 1. The van der Waals surface area contributed by atoms with Crippen LogP contribution in [0.3, 0.4) is 0 Å². The van der Waals surface area contributed by atoms with E-state index in [1.54, 1.807) is 0 Å². The van der Waals surface area contributed by atoms with Crippen molar-refractivity contribution in [3.63, 3.8) is 0 Å². The molecule has 0 spiro atoms. The molecule has 0 saturated carbocycles. The van der Waals surface area contributed by atoms with Gasteiger partial charge in [-0.25, -0.2) is 0 Å². The summed E-state index contributed by atoms with van der Waals surface area (Å²) in [5.41, 5.74) is 5.36. The summed E-state index contributed by atoms with van der Waals surface area (Å²) in [5, 5.41) is 0. The van der Waals surface area contributed by atoms with Crippen molar-refractivity contribution in [1.29, 1.82) is 0 Å². The molecule has 1 atom stereocenters. The first-order valence-electron chi connectivity index (χ1n) is 3.99. The van der Waals surface area contributed by atoms with Crippen LogP contribution in [0, 0.1) is 5.92 Å². The highest BCUT2D eigenvalue weighted by Crippen LogP contribution is 2.04. The van der Waals surface area contributed by atoms with Gasteiger partial charge in [-0.05, 0) is 13.0 Å². The third-order valence-corrected chi connectivity index (χ3v) is 1.81. The number of carbonyl (C=O) groups excluding carboxylic acids is 1. The molecule has 0 fully saturated rings. The van der Waals surface area contributed by atoms with Gasteiger partial charge in [-0.15, -0.1) is 0 Å². The van der Waals surface area contributed by atoms with E-state index in [9.17, 15) is 4.79 Å². The molecule has 0 aliphatic carbocycles. The molecule has 11 heavy (non-hydrogen) atoms. The average Bonchev–Trinajstić information content (AvgIpc) is 1.88. The molecule has 3 nitrogen and oxygen atoms in total. The second kappa shape index (κ2) is 5.27. The Hall–Kier alpha value is -0.410. The molecule has 3 heteroatoms.